The molecule has 0 aromatic heterocycles. The summed E-state index contributed by atoms with van der Waals surface area (Å²) in [4.78, 5) is 7.69. The van der Waals surface area contributed by atoms with Crippen LogP contribution in [0.3, 0.4) is 0 Å². The number of hydrogen-bond donors (Lipinski definition) is 0. The van der Waals surface area contributed by atoms with E-state index in [0.717, 1.165) is 26.2 Å². The molecular weight excluding hydrogens is 164 g/mol. The van der Waals surface area contributed by atoms with Crippen LogP contribution >= 0.6 is 0 Å². The fourth-order valence-electron chi connectivity index (χ4n) is 1.74. The second-order valence-electron chi connectivity index (χ2n) is 4.95. The van der Waals surface area contributed by atoms with E-state index in [0.29, 0.717) is 5.41 Å². The van der Waals surface area contributed by atoms with Crippen LogP contribution in [-0.4, -0.2) is 49.8 Å². The van der Waals surface area contributed by atoms with Crippen molar-refractivity contribution in [3.05, 3.63) is 0 Å². The normalized spacial score (nSPS) is 22.2. The molecule has 0 spiro atoms. The third kappa shape index (κ3) is 4.07. The number of piperazine rings is 1. The number of hydrogen-bond acceptors (Lipinski definition) is 3. The van der Waals surface area contributed by atoms with E-state index < -0.39 is 0 Å². The topological polar surface area (TPSA) is 15.7 Å². The Morgan fingerprint density at radius 3 is 2.00 bits per heavy atom. The standard InChI is InChI=1S/C10H22N2O/c1-10(2,3)9-11-5-7-12(13-4)8-6-11/h5-9H2,1-4H3. The maximum atomic E-state index is 5.18. The minimum atomic E-state index is 0.412. The maximum Gasteiger partial charge on any atom is 0.0575 e. The van der Waals surface area contributed by atoms with Crippen molar-refractivity contribution in [2.75, 3.05) is 39.8 Å². The van der Waals surface area contributed by atoms with Crippen LogP contribution in [0.15, 0.2) is 0 Å². The molecular formula is C10H22N2O. The SMILES string of the molecule is CON1CCN(CC(C)(C)C)CC1. The summed E-state index contributed by atoms with van der Waals surface area (Å²) in [6, 6.07) is 0. The van der Waals surface area contributed by atoms with Gasteiger partial charge in [0.25, 0.3) is 0 Å². The second-order valence-corrected chi connectivity index (χ2v) is 4.95. The van der Waals surface area contributed by atoms with Gasteiger partial charge >= 0.3 is 0 Å². The monoisotopic (exact) mass is 186 g/mol. The number of hydroxylamine groups is 2. The van der Waals surface area contributed by atoms with Crippen molar-refractivity contribution < 1.29 is 4.84 Å². The molecule has 0 unspecified atom stereocenters. The lowest BCUT2D eigenvalue weighted by Crippen LogP contribution is -2.48. The Balaban J connectivity index is 2.25. The molecule has 0 aliphatic carbocycles. The average molecular weight is 186 g/mol. The smallest absolute Gasteiger partial charge is 0.0575 e. The molecule has 1 heterocycles. The van der Waals surface area contributed by atoms with Gasteiger partial charge in [0.2, 0.25) is 0 Å². The Labute approximate surface area is 81.6 Å². The zero-order valence-electron chi connectivity index (χ0n) is 9.34. The molecule has 1 saturated heterocycles. The first-order valence-electron chi connectivity index (χ1n) is 5.03. The predicted molar refractivity (Wildman–Crippen MR) is 54.5 cm³/mol. The highest BCUT2D eigenvalue weighted by molar-refractivity contribution is 4.73. The molecule has 13 heavy (non-hydrogen) atoms. The van der Waals surface area contributed by atoms with E-state index in [1.54, 1.807) is 7.11 Å². The van der Waals surface area contributed by atoms with Crippen molar-refractivity contribution in [3.63, 3.8) is 0 Å². The molecule has 0 N–H and O–H groups in total. The summed E-state index contributed by atoms with van der Waals surface area (Å²) >= 11 is 0. The van der Waals surface area contributed by atoms with E-state index in [1.807, 2.05) is 5.06 Å². The predicted octanol–water partition coefficient (Wildman–Crippen LogP) is 1.21. The molecule has 3 heteroatoms. The van der Waals surface area contributed by atoms with Crippen molar-refractivity contribution >= 4 is 0 Å². The zero-order valence-corrected chi connectivity index (χ0v) is 9.34. The van der Waals surface area contributed by atoms with Gasteiger partial charge in [-0.3, -0.25) is 0 Å². The van der Waals surface area contributed by atoms with E-state index in [4.69, 9.17) is 4.84 Å². The third-order valence-corrected chi connectivity index (χ3v) is 2.29. The van der Waals surface area contributed by atoms with Gasteiger partial charge in [0, 0.05) is 32.7 Å². The quantitative estimate of drug-likeness (QED) is 0.645. The van der Waals surface area contributed by atoms with E-state index in [2.05, 4.69) is 25.7 Å². The fourth-order valence-corrected chi connectivity index (χ4v) is 1.74. The Hall–Kier alpha value is -0.120. The highest BCUT2D eigenvalue weighted by Crippen LogP contribution is 2.16. The lowest BCUT2D eigenvalue weighted by atomic mass is 9.96. The molecule has 0 bridgehead atoms. The van der Waals surface area contributed by atoms with Gasteiger partial charge < -0.3 is 9.74 Å². The molecule has 0 aromatic carbocycles. The Morgan fingerprint density at radius 2 is 1.62 bits per heavy atom. The minimum Gasteiger partial charge on any atom is -0.302 e. The Kier molecular flexibility index (Phi) is 3.71. The Bertz CT molecular complexity index is 145. The minimum absolute atomic E-state index is 0.412. The highest BCUT2D eigenvalue weighted by Gasteiger charge is 2.21. The van der Waals surface area contributed by atoms with Crippen molar-refractivity contribution in [1.82, 2.24) is 9.96 Å². The molecule has 0 amide bonds. The van der Waals surface area contributed by atoms with Gasteiger partial charge in [-0.05, 0) is 5.41 Å². The first-order chi connectivity index (χ1) is 6.01. The molecule has 0 aromatic rings. The van der Waals surface area contributed by atoms with Crippen LogP contribution in [0.4, 0.5) is 0 Å². The van der Waals surface area contributed by atoms with Crippen LogP contribution in [0.2, 0.25) is 0 Å². The van der Waals surface area contributed by atoms with E-state index in [9.17, 15) is 0 Å². The first kappa shape index (κ1) is 11.0. The largest absolute Gasteiger partial charge is 0.302 e. The molecule has 1 fully saturated rings. The van der Waals surface area contributed by atoms with Crippen LogP contribution in [0.1, 0.15) is 20.8 Å². The van der Waals surface area contributed by atoms with Crippen LogP contribution < -0.4 is 0 Å². The zero-order chi connectivity index (χ0) is 9.90. The van der Waals surface area contributed by atoms with Crippen LogP contribution in [0.5, 0.6) is 0 Å². The summed E-state index contributed by atoms with van der Waals surface area (Å²) in [5.41, 5.74) is 0.412. The van der Waals surface area contributed by atoms with Crippen molar-refractivity contribution in [1.29, 1.82) is 0 Å². The van der Waals surface area contributed by atoms with Crippen LogP contribution in [0, 0.1) is 5.41 Å². The van der Waals surface area contributed by atoms with E-state index in [-0.39, 0.29) is 0 Å². The fraction of sp³-hybridized carbons (Fsp3) is 1.00. The van der Waals surface area contributed by atoms with E-state index >= 15 is 0 Å². The first-order valence-corrected chi connectivity index (χ1v) is 5.03. The summed E-state index contributed by atoms with van der Waals surface area (Å²) in [6.45, 7) is 12.4. The van der Waals surface area contributed by atoms with E-state index in [1.165, 1.54) is 6.54 Å². The molecule has 0 atom stereocenters. The summed E-state index contributed by atoms with van der Waals surface area (Å²) in [7, 11) is 1.75. The number of nitrogens with zero attached hydrogens (tertiary/aromatic N) is 2. The van der Waals surface area contributed by atoms with Gasteiger partial charge in [-0.2, -0.15) is 5.06 Å². The molecule has 1 aliphatic heterocycles. The second kappa shape index (κ2) is 4.40. The maximum absolute atomic E-state index is 5.18. The Morgan fingerprint density at radius 1 is 1.08 bits per heavy atom. The molecule has 78 valence electrons. The molecule has 1 rings (SSSR count). The van der Waals surface area contributed by atoms with Gasteiger partial charge in [0.1, 0.15) is 0 Å². The summed E-state index contributed by atoms with van der Waals surface area (Å²) in [5.74, 6) is 0. The van der Waals surface area contributed by atoms with Crippen LogP contribution in [-0.2, 0) is 4.84 Å². The van der Waals surface area contributed by atoms with Crippen molar-refractivity contribution in [2.24, 2.45) is 5.41 Å². The summed E-state index contributed by atoms with van der Waals surface area (Å²) in [6.07, 6.45) is 0. The molecule has 1 aliphatic rings. The van der Waals surface area contributed by atoms with Gasteiger partial charge in [0.15, 0.2) is 0 Å². The van der Waals surface area contributed by atoms with Gasteiger partial charge in [-0.1, -0.05) is 20.8 Å². The third-order valence-electron chi connectivity index (χ3n) is 2.29. The average Bonchev–Trinajstić information content (AvgIpc) is 2.03. The van der Waals surface area contributed by atoms with Crippen molar-refractivity contribution in [3.8, 4) is 0 Å². The molecule has 0 radical (unpaired) electrons. The van der Waals surface area contributed by atoms with Gasteiger partial charge in [-0.25, -0.2) is 0 Å². The molecule has 3 nitrogen and oxygen atoms in total. The summed E-state index contributed by atoms with van der Waals surface area (Å²) in [5, 5.41) is 2.03. The van der Waals surface area contributed by atoms with Gasteiger partial charge in [0.05, 0.1) is 7.11 Å². The highest BCUT2D eigenvalue weighted by atomic mass is 16.7. The van der Waals surface area contributed by atoms with Crippen LogP contribution in [0.25, 0.3) is 0 Å². The van der Waals surface area contributed by atoms with Gasteiger partial charge in [-0.15, -0.1) is 0 Å². The molecule has 0 saturated carbocycles. The number of rotatable bonds is 2. The lowest BCUT2D eigenvalue weighted by molar-refractivity contribution is -0.153. The lowest BCUT2D eigenvalue weighted by Gasteiger charge is -2.36. The summed E-state index contributed by atoms with van der Waals surface area (Å²) < 4.78 is 0. The van der Waals surface area contributed by atoms with Crippen molar-refractivity contribution in [2.45, 2.75) is 20.8 Å².